The zero-order valence-electron chi connectivity index (χ0n) is 14.6. The summed E-state index contributed by atoms with van der Waals surface area (Å²) in [6.07, 6.45) is 0.907. The van der Waals surface area contributed by atoms with Gasteiger partial charge in [0.15, 0.2) is 0 Å². The second kappa shape index (κ2) is 9.21. The Hall–Kier alpha value is -2.17. The lowest BCUT2D eigenvalue weighted by Crippen LogP contribution is -2.37. The molecule has 0 spiro atoms. The van der Waals surface area contributed by atoms with Crippen LogP contribution in [0, 0.1) is 0 Å². The lowest BCUT2D eigenvalue weighted by Gasteiger charge is -2.24. The second-order valence-corrected chi connectivity index (χ2v) is 6.04. The quantitative estimate of drug-likeness (QED) is 0.780. The minimum absolute atomic E-state index is 0.0610. The van der Waals surface area contributed by atoms with Crippen LogP contribution in [0.5, 0.6) is 0 Å². The summed E-state index contributed by atoms with van der Waals surface area (Å²) in [4.78, 5) is 11.2. The Bertz CT molecular complexity index is 643. The highest BCUT2D eigenvalue weighted by molar-refractivity contribution is 5.88. The molecule has 1 amide bonds. The molecular formula is C20H26N2O2. The van der Waals surface area contributed by atoms with Crippen molar-refractivity contribution in [1.29, 1.82) is 0 Å². The van der Waals surface area contributed by atoms with E-state index in [2.05, 4.69) is 47.9 Å². The average Bonchev–Trinajstić information content (AvgIpc) is 2.55. The van der Waals surface area contributed by atoms with E-state index in [0.29, 0.717) is 6.61 Å². The highest BCUT2D eigenvalue weighted by Crippen LogP contribution is 2.18. The molecule has 4 heteroatoms. The second-order valence-electron chi connectivity index (χ2n) is 6.04. The number of ether oxygens (including phenoxy) is 1. The van der Waals surface area contributed by atoms with Gasteiger partial charge in [0.1, 0.15) is 0 Å². The summed E-state index contributed by atoms with van der Waals surface area (Å²) in [6.45, 7) is 4.29. The number of amides is 1. The molecular weight excluding hydrogens is 300 g/mol. The Morgan fingerprint density at radius 3 is 2.54 bits per heavy atom. The fraction of sp³-hybridized carbons (Fsp3) is 0.350. The third-order valence-corrected chi connectivity index (χ3v) is 3.89. The Morgan fingerprint density at radius 1 is 1.12 bits per heavy atom. The van der Waals surface area contributed by atoms with E-state index in [9.17, 15) is 4.79 Å². The van der Waals surface area contributed by atoms with Crippen molar-refractivity contribution in [2.45, 2.75) is 32.4 Å². The predicted octanol–water partition coefficient (Wildman–Crippen LogP) is 3.55. The molecule has 0 bridgehead atoms. The first-order valence-corrected chi connectivity index (χ1v) is 8.25. The fourth-order valence-corrected chi connectivity index (χ4v) is 2.80. The minimum Gasteiger partial charge on any atom is -0.383 e. The normalized spacial score (nSPS) is 13.3. The van der Waals surface area contributed by atoms with Crippen LogP contribution in [0.25, 0.3) is 0 Å². The molecule has 2 rings (SSSR count). The minimum atomic E-state index is -0.0610. The lowest BCUT2D eigenvalue weighted by molar-refractivity contribution is -0.114. The fourth-order valence-electron chi connectivity index (χ4n) is 2.80. The van der Waals surface area contributed by atoms with Crippen LogP contribution in [0.2, 0.25) is 0 Å². The van der Waals surface area contributed by atoms with Gasteiger partial charge >= 0.3 is 0 Å². The van der Waals surface area contributed by atoms with Crippen LogP contribution in [-0.4, -0.2) is 25.7 Å². The molecule has 4 nitrogen and oxygen atoms in total. The number of carbonyl (C=O) groups is 1. The molecule has 2 N–H and O–H groups in total. The number of methoxy groups -OCH3 is 1. The number of nitrogens with one attached hydrogen (secondary N) is 2. The Morgan fingerprint density at radius 2 is 1.88 bits per heavy atom. The Labute approximate surface area is 144 Å². The molecule has 0 aromatic heterocycles. The molecule has 0 saturated heterocycles. The average molecular weight is 326 g/mol. The van der Waals surface area contributed by atoms with Gasteiger partial charge in [-0.3, -0.25) is 4.79 Å². The maximum Gasteiger partial charge on any atom is 0.221 e. The maximum atomic E-state index is 11.2. The third-order valence-electron chi connectivity index (χ3n) is 3.89. The van der Waals surface area contributed by atoms with Crippen LogP contribution in [0.15, 0.2) is 54.6 Å². The lowest BCUT2D eigenvalue weighted by atomic mass is 10.0. The Kier molecular flexibility index (Phi) is 6.97. The van der Waals surface area contributed by atoms with Gasteiger partial charge in [0.25, 0.3) is 0 Å². The van der Waals surface area contributed by atoms with E-state index in [-0.39, 0.29) is 18.0 Å². The van der Waals surface area contributed by atoms with Crippen molar-refractivity contribution in [2.24, 2.45) is 0 Å². The molecule has 0 heterocycles. The number of anilines is 1. The highest BCUT2D eigenvalue weighted by atomic mass is 16.5. The molecule has 2 aromatic carbocycles. The largest absolute Gasteiger partial charge is 0.383 e. The van der Waals surface area contributed by atoms with Crippen molar-refractivity contribution in [3.63, 3.8) is 0 Å². The van der Waals surface area contributed by atoms with E-state index < -0.39 is 0 Å². The number of carbonyl (C=O) groups excluding carboxylic acids is 1. The summed E-state index contributed by atoms with van der Waals surface area (Å²) in [5, 5.41) is 6.45. The third kappa shape index (κ3) is 5.80. The standard InChI is InChI=1S/C20H26N2O2/c1-15(18-10-7-11-19(13-18)22-16(2)23)21-20(14-24-3)12-17-8-5-4-6-9-17/h4-11,13,15,20-21H,12,14H2,1-3H3,(H,22,23)/t15-,20-/m1/s1. The topological polar surface area (TPSA) is 50.4 Å². The maximum absolute atomic E-state index is 11.2. The van der Waals surface area contributed by atoms with Gasteiger partial charge in [-0.1, -0.05) is 42.5 Å². The monoisotopic (exact) mass is 326 g/mol. The van der Waals surface area contributed by atoms with Crippen LogP contribution in [0.3, 0.4) is 0 Å². The number of hydrogen-bond donors (Lipinski definition) is 2. The molecule has 0 radical (unpaired) electrons. The van der Waals surface area contributed by atoms with E-state index in [0.717, 1.165) is 17.7 Å². The first kappa shape index (κ1) is 18.2. The van der Waals surface area contributed by atoms with E-state index >= 15 is 0 Å². The number of hydrogen-bond acceptors (Lipinski definition) is 3. The first-order valence-electron chi connectivity index (χ1n) is 8.25. The summed E-state index contributed by atoms with van der Waals surface area (Å²) in [6, 6.07) is 18.7. The summed E-state index contributed by atoms with van der Waals surface area (Å²) in [5.74, 6) is -0.0610. The van der Waals surface area contributed by atoms with Gasteiger partial charge in [-0.25, -0.2) is 0 Å². The molecule has 0 unspecified atom stereocenters. The Balaban J connectivity index is 2.04. The highest BCUT2D eigenvalue weighted by Gasteiger charge is 2.14. The van der Waals surface area contributed by atoms with Crippen molar-refractivity contribution in [3.8, 4) is 0 Å². The predicted molar refractivity (Wildman–Crippen MR) is 98.1 cm³/mol. The molecule has 0 aliphatic carbocycles. The first-order chi connectivity index (χ1) is 11.6. The van der Waals surface area contributed by atoms with E-state index in [1.54, 1.807) is 7.11 Å². The summed E-state index contributed by atoms with van der Waals surface area (Å²) < 4.78 is 5.37. The van der Waals surface area contributed by atoms with Gasteiger partial charge in [0, 0.05) is 31.8 Å². The summed E-state index contributed by atoms with van der Waals surface area (Å²) in [7, 11) is 1.72. The smallest absolute Gasteiger partial charge is 0.221 e. The van der Waals surface area contributed by atoms with E-state index in [4.69, 9.17) is 4.74 Å². The van der Waals surface area contributed by atoms with Crippen LogP contribution in [0.4, 0.5) is 5.69 Å². The molecule has 0 aliphatic rings. The summed E-state index contributed by atoms with van der Waals surface area (Å²) >= 11 is 0. The zero-order valence-corrected chi connectivity index (χ0v) is 14.6. The van der Waals surface area contributed by atoms with Gasteiger partial charge in [-0.05, 0) is 36.6 Å². The van der Waals surface area contributed by atoms with Crippen LogP contribution < -0.4 is 10.6 Å². The van der Waals surface area contributed by atoms with Crippen molar-refractivity contribution in [3.05, 3.63) is 65.7 Å². The van der Waals surface area contributed by atoms with Crippen LogP contribution in [0.1, 0.15) is 31.0 Å². The van der Waals surface area contributed by atoms with Gasteiger partial charge < -0.3 is 15.4 Å². The molecule has 2 aromatic rings. The molecule has 0 saturated carbocycles. The summed E-state index contributed by atoms with van der Waals surface area (Å²) in [5.41, 5.74) is 3.24. The van der Waals surface area contributed by atoms with Crippen molar-refractivity contribution < 1.29 is 9.53 Å². The number of benzene rings is 2. The SMILES string of the molecule is COC[C@@H](Cc1ccccc1)N[C@H](C)c1cccc(NC(C)=O)c1. The van der Waals surface area contributed by atoms with Gasteiger partial charge in [-0.2, -0.15) is 0 Å². The zero-order chi connectivity index (χ0) is 17.4. The van der Waals surface area contributed by atoms with Crippen molar-refractivity contribution in [1.82, 2.24) is 5.32 Å². The van der Waals surface area contributed by atoms with Crippen molar-refractivity contribution in [2.75, 3.05) is 19.0 Å². The van der Waals surface area contributed by atoms with E-state index in [1.807, 2.05) is 24.3 Å². The molecule has 0 aliphatic heterocycles. The van der Waals surface area contributed by atoms with Crippen LogP contribution >= 0.6 is 0 Å². The van der Waals surface area contributed by atoms with E-state index in [1.165, 1.54) is 12.5 Å². The van der Waals surface area contributed by atoms with Gasteiger partial charge in [0.05, 0.1) is 6.61 Å². The molecule has 2 atom stereocenters. The molecule has 24 heavy (non-hydrogen) atoms. The van der Waals surface area contributed by atoms with Gasteiger partial charge in [0.2, 0.25) is 5.91 Å². The molecule has 128 valence electrons. The number of rotatable bonds is 8. The van der Waals surface area contributed by atoms with Crippen LogP contribution in [-0.2, 0) is 16.0 Å². The van der Waals surface area contributed by atoms with Crippen molar-refractivity contribution >= 4 is 11.6 Å². The van der Waals surface area contributed by atoms with Gasteiger partial charge in [-0.15, -0.1) is 0 Å². The molecule has 0 fully saturated rings.